The van der Waals surface area contributed by atoms with Gasteiger partial charge in [-0.25, -0.2) is 0 Å². The van der Waals surface area contributed by atoms with Crippen molar-refractivity contribution >= 4 is 23.2 Å². The molecule has 8 nitrogen and oxygen atoms in total. The molecule has 4 aliphatic heterocycles. The first-order chi connectivity index (χ1) is 22.0. The zero-order chi connectivity index (χ0) is 33.2. The van der Waals surface area contributed by atoms with E-state index < -0.39 is 16.2 Å². The highest BCUT2D eigenvalue weighted by atomic mass is 14.9. The molecule has 0 radical (unpaired) electrons. The molecule has 0 saturated carbocycles. The van der Waals surface area contributed by atoms with Gasteiger partial charge in [-0.2, -0.15) is 21.0 Å². The lowest BCUT2D eigenvalue weighted by atomic mass is 9.46. The molecule has 0 saturated heterocycles. The van der Waals surface area contributed by atoms with Gasteiger partial charge in [0.1, 0.15) is 0 Å². The van der Waals surface area contributed by atoms with E-state index in [0.717, 1.165) is 54.0 Å². The first-order valence-electron chi connectivity index (χ1n) is 16.4. The second-order valence-corrected chi connectivity index (χ2v) is 13.5. The van der Waals surface area contributed by atoms with E-state index in [4.69, 9.17) is 15.0 Å². The summed E-state index contributed by atoms with van der Waals surface area (Å²) in [5.74, 6) is 0.289. The number of nitrogens with one attached hydrogen (secondary N) is 1. The molecule has 8 bridgehead atoms. The van der Waals surface area contributed by atoms with Crippen LogP contribution in [0, 0.1) is 74.4 Å². The normalized spacial score (nSPS) is 27.3. The molecule has 1 aromatic heterocycles. The molecule has 3 atom stereocenters. The topological polar surface area (TPSA) is 148 Å². The third-order valence-electron chi connectivity index (χ3n) is 11.6. The molecule has 232 valence electrons. The molecule has 3 unspecified atom stereocenters. The molecule has 0 amide bonds. The van der Waals surface area contributed by atoms with Crippen LogP contribution in [0.5, 0.6) is 0 Å². The maximum atomic E-state index is 10.8. The van der Waals surface area contributed by atoms with Crippen LogP contribution in [0.2, 0.25) is 0 Å². The molecule has 0 spiro atoms. The fraction of sp³-hybridized carbons (Fsp3) is 0.500. The molecule has 6 rings (SSSR count). The molecular formula is C38H40N8. The van der Waals surface area contributed by atoms with Gasteiger partial charge >= 0.3 is 0 Å². The summed E-state index contributed by atoms with van der Waals surface area (Å²) in [5, 5.41) is 42.4. The Hall–Kier alpha value is -4.79. The second-order valence-electron chi connectivity index (χ2n) is 13.5. The van der Waals surface area contributed by atoms with E-state index >= 15 is 0 Å². The molecular weight excluding hydrogens is 568 g/mol. The number of nitriles is 4. The number of hydrogen-bond donors (Lipinski definition) is 1. The van der Waals surface area contributed by atoms with Gasteiger partial charge in [0.2, 0.25) is 0 Å². The summed E-state index contributed by atoms with van der Waals surface area (Å²) in [6.45, 7) is 14.8. The molecule has 1 N–H and O–H groups in total. The average molecular weight is 609 g/mol. The van der Waals surface area contributed by atoms with Gasteiger partial charge < -0.3 is 4.98 Å². The van der Waals surface area contributed by atoms with Crippen molar-refractivity contribution in [2.45, 2.75) is 99.5 Å². The Balaban J connectivity index is 1.64. The molecule has 46 heavy (non-hydrogen) atoms. The van der Waals surface area contributed by atoms with E-state index in [2.05, 4.69) is 70.8 Å². The predicted molar refractivity (Wildman–Crippen MR) is 180 cm³/mol. The fourth-order valence-corrected chi connectivity index (χ4v) is 8.82. The Morgan fingerprint density at radius 2 is 1.65 bits per heavy atom. The third-order valence-corrected chi connectivity index (χ3v) is 11.6. The predicted octanol–water partition coefficient (Wildman–Crippen LogP) is 7.73. The lowest BCUT2D eigenvalue weighted by Crippen LogP contribution is -2.55. The van der Waals surface area contributed by atoms with Crippen LogP contribution in [0.3, 0.4) is 0 Å². The first kappa shape index (κ1) is 31.2. The van der Waals surface area contributed by atoms with E-state index in [1.165, 1.54) is 28.0 Å². The minimum absolute atomic E-state index is 0.0320. The molecule has 5 aliphatic rings. The van der Waals surface area contributed by atoms with E-state index in [0.29, 0.717) is 29.8 Å². The lowest BCUT2D eigenvalue weighted by molar-refractivity contribution is 0.174. The smallest absolute Gasteiger partial charge is 0.190 e. The number of H-pyrrole nitrogens is 1. The van der Waals surface area contributed by atoms with Crippen molar-refractivity contribution in [1.82, 2.24) is 4.98 Å². The van der Waals surface area contributed by atoms with Gasteiger partial charge in [-0.1, -0.05) is 26.8 Å². The van der Waals surface area contributed by atoms with Gasteiger partial charge in [0.25, 0.3) is 0 Å². The molecule has 0 aromatic carbocycles. The molecule has 5 heterocycles. The zero-order valence-corrected chi connectivity index (χ0v) is 27.9. The summed E-state index contributed by atoms with van der Waals surface area (Å²) in [5.41, 5.74) is 8.20. The number of allylic oxidation sites excluding steroid dienone is 5. The van der Waals surface area contributed by atoms with Gasteiger partial charge in [0.15, 0.2) is 10.8 Å². The molecule has 1 aromatic rings. The van der Waals surface area contributed by atoms with Crippen LogP contribution < -0.4 is 0 Å². The first-order valence-corrected chi connectivity index (χ1v) is 16.4. The summed E-state index contributed by atoms with van der Waals surface area (Å²) in [4.78, 5) is 19.5. The highest BCUT2D eigenvalue weighted by Gasteiger charge is 2.70. The van der Waals surface area contributed by atoms with E-state index in [9.17, 15) is 21.0 Å². The summed E-state index contributed by atoms with van der Waals surface area (Å²) in [7, 11) is 0. The van der Waals surface area contributed by atoms with Crippen LogP contribution in [0.15, 0.2) is 54.7 Å². The van der Waals surface area contributed by atoms with E-state index in [-0.39, 0.29) is 18.4 Å². The molecule has 0 fully saturated rings. The maximum absolute atomic E-state index is 10.8. The van der Waals surface area contributed by atoms with Gasteiger partial charge in [-0.05, 0) is 86.5 Å². The minimum Gasteiger partial charge on any atom is -0.358 e. The summed E-state index contributed by atoms with van der Waals surface area (Å²) >= 11 is 0. The summed E-state index contributed by atoms with van der Waals surface area (Å²) in [6, 6.07) is 8.61. The van der Waals surface area contributed by atoms with Crippen molar-refractivity contribution in [3.8, 4) is 24.3 Å². The highest BCUT2D eigenvalue weighted by Crippen LogP contribution is 2.64. The van der Waals surface area contributed by atoms with Crippen LogP contribution in [0.4, 0.5) is 0 Å². The number of hydrogen-bond acceptors (Lipinski definition) is 7. The lowest BCUT2D eigenvalue weighted by Gasteiger charge is -2.47. The highest BCUT2D eigenvalue weighted by molar-refractivity contribution is 6.18. The number of rotatable bonds is 3. The quantitative estimate of drug-likeness (QED) is 0.374. The molecule has 8 heteroatoms. The van der Waals surface area contributed by atoms with Gasteiger partial charge in [0, 0.05) is 65.8 Å². The number of aromatic amines is 1. The van der Waals surface area contributed by atoms with E-state index in [1.54, 1.807) is 0 Å². The Kier molecular flexibility index (Phi) is 7.41. The van der Waals surface area contributed by atoms with Crippen molar-refractivity contribution in [2.75, 3.05) is 0 Å². The average Bonchev–Trinajstić information content (AvgIpc) is 3.71. The zero-order valence-electron chi connectivity index (χ0n) is 27.9. The van der Waals surface area contributed by atoms with Gasteiger partial charge in [0.05, 0.1) is 41.4 Å². The minimum atomic E-state index is -1.98. The van der Waals surface area contributed by atoms with Crippen LogP contribution in [0.25, 0.3) is 6.08 Å². The number of aromatic nitrogens is 1. The number of nitrogens with zero attached hydrogens (tertiary/aromatic N) is 7. The van der Waals surface area contributed by atoms with Crippen molar-refractivity contribution < 1.29 is 0 Å². The van der Waals surface area contributed by atoms with Crippen molar-refractivity contribution in [3.63, 3.8) is 0 Å². The van der Waals surface area contributed by atoms with Crippen molar-refractivity contribution in [2.24, 2.45) is 37.1 Å². The Bertz CT molecular complexity index is 1930. The number of aliphatic imine (C=N–C) groups is 3. The number of fused-ring (bicyclic) bond motifs is 8. The SMILES string of the molecule is CCC1=C(C)C2CC3=NC(=C(C)C3CC)Cc3[nH]c(c(C)c3CC)C=C3N=C(CC1=N2)C1(C)C3=CCC(C#N)(C#N)C1(C#N)C#N. The summed E-state index contributed by atoms with van der Waals surface area (Å²) < 4.78 is 0. The Morgan fingerprint density at radius 1 is 0.935 bits per heavy atom. The van der Waals surface area contributed by atoms with Crippen molar-refractivity contribution in [3.05, 3.63) is 62.3 Å². The Morgan fingerprint density at radius 3 is 2.26 bits per heavy atom. The van der Waals surface area contributed by atoms with Crippen LogP contribution in [0.1, 0.15) is 96.2 Å². The maximum Gasteiger partial charge on any atom is 0.190 e. The largest absolute Gasteiger partial charge is 0.358 e. The van der Waals surface area contributed by atoms with Crippen LogP contribution >= 0.6 is 0 Å². The van der Waals surface area contributed by atoms with Crippen LogP contribution in [-0.2, 0) is 12.8 Å². The second kappa shape index (κ2) is 10.9. The van der Waals surface area contributed by atoms with Gasteiger partial charge in [-0.3, -0.25) is 15.0 Å². The van der Waals surface area contributed by atoms with Crippen LogP contribution in [-0.4, -0.2) is 28.2 Å². The summed E-state index contributed by atoms with van der Waals surface area (Å²) in [6.07, 6.45) is 8.25. The standard InChI is InChI=1S/C38H40N8/c1-8-24-21(4)28-13-32-25(9-2)22(5)30(44-32)15-34-27-11-12-37(17-39,18-40)38(19-41,20-42)36(27,7)35(46-34)16-33-26(10-3)23(6)29(45-33)14-31(24)43-28/h11,15,24,29,44H,8-10,12-14,16H2,1-7H3. The van der Waals surface area contributed by atoms with Crippen molar-refractivity contribution in [1.29, 1.82) is 21.0 Å². The monoisotopic (exact) mass is 608 g/mol. The molecule has 1 aliphatic carbocycles. The van der Waals surface area contributed by atoms with Gasteiger partial charge in [-0.15, -0.1) is 0 Å². The van der Waals surface area contributed by atoms with E-state index in [1.807, 2.05) is 19.1 Å². The third kappa shape index (κ3) is 3.90. The fourth-order valence-electron chi connectivity index (χ4n) is 8.82. The Labute approximate surface area is 272 Å².